The lowest BCUT2D eigenvalue weighted by molar-refractivity contribution is -0.142. The standard InChI is InChI=1S/C42H60N10O12/c1-21(2)34(51-39(60)32(20-53)50-36(57)27(44)18-33(45)56)40(61)48-30(16-23-11-13-25(55)14-12-23)38(59)52-35(22(3)54)41(62)49-31(17-24-19-46-28-9-5-4-8-26(24)28)37(58)47-29(42(63)64)10-6-7-15-43/h4-5,8-9,11-14,19,21-22,27,29-32,34-35,46,53-55H,6-7,10,15-18,20,43-44H2,1-3H3,(H2,45,56)(H,47,58)(H,48,61)(H,49,62)(H,50,57)(H,51,60)(H,52,59)(H,63,64)/t22-,27+,29+,30+,31+,32+,34+,35+/m1/s1. The van der Waals surface area contributed by atoms with Crippen LogP contribution < -0.4 is 49.1 Å². The van der Waals surface area contributed by atoms with E-state index in [1.807, 2.05) is 0 Å². The molecule has 0 unspecified atom stereocenters. The van der Waals surface area contributed by atoms with Crippen molar-refractivity contribution in [1.29, 1.82) is 0 Å². The van der Waals surface area contributed by atoms with E-state index < -0.39 is 115 Å². The van der Waals surface area contributed by atoms with Gasteiger partial charge in [0.2, 0.25) is 41.4 Å². The van der Waals surface area contributed by atoms with E-state index in [0.29, 0.717) is 30.5 Å². The molecule has 0 saturated heterocycles. The van der Waals surface area contributed by atoms with Gasteiger partial charge in [0.25, 0.3) is 0 Å². The Hall–Kier alpha value is -6.62. The number of para-hydroxylation sites is 1. The Morgan fingerprint density at radius 1 is 0.688 bits per heavy atom. The van der Waals surface area contributed by atoms with Gasteiger partial charge in [-0.05, 0) is 68.0 Å². The number of carboxylic acid groups (broad SMARTS) is 1. The van der Waals surface area contributed by atoms with Gasteiger partial charge in [-0.2, -0.15) is 0 Å². The number of rotatable bonds is 26. The number of aromatic amines is 1. The average Bonchev–Trinajstić information content (AvgIpc) is 3.65. The number of nitrogens with two attached hydrogens (primary N) is 3. The van der Waals surface area contributed by atoms with E-state index in [2.05, 4.69) is 36.9 Å². The van der Waals surface area contributed by atoms with Crippen molar-refractivity contribution in [3.05, 3.63) is 65.9 Å². The number of benzene rings is 2. The molecule has 3 rings (SSSR count). The molecule has 0 bridgehead atoms. The molecule has 0 aliphatic carbocycles. The number of unbranched alkanes of at least 4 members (excludes halogenated alkanes) is 1. The van der Waals surface area contributed by atoms with E-state index in [-0.39, 0.29) is 25.0 Å². The molecule has 0 fully saturated rings. The Morgan fingerprint density at radius 3 is 1.81 bits per heavy atom. The summed E-state index contributed by atoms with van der Waals surface area (Å²) in [7, 11) is 0. The third-order valence-electron chi connectivity index (χ3n) is 10.2. The minimum Gasteiger partial charge on any atom is -0.508 e. The van der Waals surface area contributed by atoms with Crippen molar-refractivity contribution in [2.75, 3.05) is 13.2 Å². The van der Waals surface area contributed by atoms with Crippen LogP contribution in [0.2, 0.25) is 0 Å². The SMILES string of the molecule is CC(C)[C@H](NC(=O)[C@H](CO)NC(=O)[C@@H](N)CC(N)=O)C(=O)N[C@@H](Cc1ccc(O)cc1)C(=O)N[C@H](C(=O)N[C@@H](Cc1c[nH]c2ccccc12)C(=O)N[C@@H](CCCCN)C(=O)O)[C@@H](C)O. The van der Waals surface area contributed by atoms with Crippen LogP contribution in [0.15, 0.2) is 54.7 Å². The maximum absolute atomic E-state index is 14.1. The summed E-state index contributed by atoms with van der Waals surface area (Å²) in [6.07, 6.45) is 0.0567. The maximum Gasteiger partial charge on any atom is 0.326 e. The van der Waals surface area contributed by atoms with Gasteiger partial charge < -0.3 is 74.5 Å². The molecule has 1 heterocycles. The zero-order chi connectivity index (χ0) is 47.7. The monoisotopic (exact) mass is 896 g/mol. The summed E-state index contributed by atoms with van der Waals surface area (Å²) >= 11 is 0. The zero-order valence-electron chi connectivity index (χ0n) is 35.8. The smallest absolute Gasteiger partial charge is 0.326 e. The highest BCUT2D eigenvalue weighted by Crippen LogP contribution is 2.20. The third-order valence-corrected chi connectivity index (χ3v) is 10.2. The molecule has 3 aromatic rings. The number of aliphatic hydroxyl groups is 2. The van der Waals surface area contributed by atoms with Gasteiger partial charge in [0, 0.05) is 29.9 Å². The van der Waals surface area contributed by atoms with E-state index in [0.717, 1.165) is 10.9 Å². The highest BCUT2D eigenvalue weighted by Gasteiger charge is 2.36. The second-order valence-corrected chi connectivity index (χ2v) is 15.7. The zero-order valence-corrected chi connectivity index (χ0v) is 35.8. The van der Waals surface area contributed by atoms with Crippen LogP contribution >= 0.6 is 0 Å². The Balaban J connectivity index is 1.90. The number of phenols is 1. The summed E-state index contributed by atoms with van der Waals surface area (Å²) in [5.74, 6) is -8.74. The van der Waals surface area contributed by atoms with E-state index in [1.54, 1.807) is 44.3 Å². The second-order valence-electron chi connectivity index (χ2n) is 15.7. The minimum absolute atomic E-state index is 0.0551. The number of aromatic nitrogens is 1. The molecule has 2 aromatic carbocycles. The lowest BCUT2D eigenvalue weighted by atomic mass is 9.99. The number of nitrogens with one attached hydrogen (secondary N) is 7. The minimum atomic E-state index is -1.75. The predicted octanol–water partition coefficient (Wildman–Crippen LogP) is -2.99. The van der Waals surface area contributed by atoms with Gasteiger partial charge in [0.05, 0.1) is 25.2 Å². The van der Waals surface area contributed by atoms with E-state index >= 15 is 0 Å². The van der Waals surface area contributed by atoms with E-state index in [4.69, 9.17) is 17.2 Å². The number of carbonyl (C=O) groups is 8. The fourth-order valence-electron chi connectivity index (χ4n) is 6.58. The van der Waals surface area contributed by atoms with Crippen molar-refractivity contribution >= 4 is 58.2 Å². The Labute approximate surface area is 368 Å². The summed E-state index contributed by atoms with van der Waals surface area (Å²) in [5.41, 5.74) is 18.0. The average molecular weight is 897 g/mol. The molecule has 0 aliphatic rings. The number of aromatic hydroxyl groups is 1. The quantitative estimate of drug-likeness (QED) is 0.0358. The highest BCUT2D eigenvalue weighted by molar-refractivity contribution is 5.98. The van der Waals surface area contributed by atoms with Crippen LogP contribution in [-0.4, -0.2) is 134 Å². The summed E-state index contributed by atoms with van der Waals surface area (Å²) in [6.45, 7) is 3.70. The van der Waals surface area contributed by atoms with Gasteiger partial charge >= 0.3 is 5.97 Å². The van der Waals surface area contributed by atoms with Crippen LogP contribution in [0, 0.1) is 5.92 Å². The maximum atomic E-state index is 14.1. The van der Waals surface area contributed by atoms with Crippen LogP contribution in [-0.2, 0) is 51.2 Å². The normalized spacial score (nSPS) is 15.0. The predicted molar refractivity (Wildman–Crippen MR) is 231 cm³/mol. The number of fused-ring (bicyclic) bond motifs is 1. The largest absolute Gasteiger partial charge is 0.508 e. The Bertz CT molecular complexity index is 2090. The van der Waals surface area contributed by atoms with Crippen LogP contribution in [0.5, 0.6) is 5.75 Å². The fourth-order valence-corrected chi connectivity index (χ4v) is 6.58. The van der Waals surface area contributed by atoms with Crippen LogP contribution in [0.3, 0.4) is 0 Å². The van der Waals surface area contributed by atoms with Gasteiger partial charge in [-0.1, -0.05) is 44.2 Å². The molecule has 0 radical (unpaired) electrons. The third kappa shape index (κ3) is 15.6. The number of H-pyrrole nitrogens is 1. The number of primary amides is 1. The molecular weight excluding hydrogens is 837 g/mol. The van der Waals surface area contributed by atoms with Gasteiger partial charge in [0.1, 0.15) is 42.0 Å². The molecule has 1 aromatic heterocycles. The molecule has 64 heavy (non-hydrogen) atoms. The van der Waals surface area contributed by atoms with Crippen molar-refractivity contribution < 1.29 is 58.8 Å². The number of amides is 7. The Kier molecular flexibility index (Phi) is 20.1. The first-order valence-electron chi connectivity index (χ1n) is 20.7. The van der Waals surface area contributed by atoms with Crippen molar-refractivity contribution in [3.63, 3.8) is 0 Å². The van der Waals surface area contributed by atoms with E-state index in [1.165, 1.54) is 31.2 Å². The summed E-state index contributed by atoms with van der Waals surface area (Å²) in [4.78, 5) is 108. The molecule has 7 amide bonds. The first-order chi connectivity index (χ1) is 30.2. The Morgan fingerprint density at radius 2 is 1.23 bits per heavy atom. The number of aliphatic hydroxyl groups excluding tert-OH is 2. The van der Waals surface area contributed by atoms with Crippen LogP contribution in [0.4, 0.5) is 0 Å². The van der Waals surface area contributed by atoms with Gasteiger partial charge in [-0.15, -0.1) is 0 Å². The van der Waals surface area contributed by atoms with Crippen LogP contribution in [0.1, 0.15) is 57.6 Å². The fraction of sp³-hybridized carbons (Fsp3) is 0.476. The number of carbonyl (C=O) groups excluding carboxylic acids is 7. The number of aliphatic carboxylic acids is 1. The van der Waals surface area contributed by atoms with E-state index in [9.17, 15) is 58.8 Å². The topological polar surface area (TPSA) is 384 Å². The van der Waals surface area contributed by atoms with Crippen molar-refractivity contribution in [3.8, 4) is 5.75 Å². The second kappa shape index (κ2) is 24.9. The van der Waals surface area contributed by atoms with Crippen LogP contribution in [0.25, 0.3) is 10.9 Å². The molecule has 350 valence electrons. The molecular formula is C42H60N10O12. The number of hydrogen-bond donors (Lipinski definition) is 14. The molecule has 22 nitrogen and oxygen atoms in total. The highest BCUT2D eigenvalue weighted by atomic mass is 16.4. The summed E-state index contributed by atoms with van der Waals surface area (Å²) in [5, 5.41) is 55.9. The molecule has 0 aliphatic heterocycles. The van der Waals surface area contributed by atoms with Crippen molar-refractivity contribution in [1.82, 2.24) is 36.9 Å². The van der Waals surface area contributed by atoms with Gasteiger partial charge in [-0.25, -0.2) is 4.79 Å². The number of hydrogen-bond acceptors (Lipinski definition) is 13. The first-order valence-corrected chi connectivity index (χ1v) is 20.7. The van der Waals surface area contributed by atoms with Crippen molar-refractivity contribution in [2.24, 2.45) is 23.1 Å². The lowest BCUT2D eigenvalue weighted by Crippen LogP contribution is -2.62. The molecule has 0 spiro atoms. The lowest BCUT2D eigenvalue weighted by Gasteiger charge is -2.29. The first kappa shape index (κ1) is 51.7. The molecule has 8 atom stereocenters. The summed E-state index contributed by atoms with van der Waals surface area (Å²) in [6, 6.07) is 2.30. The van der Waals surface area contributed by atoms with Gasteiger partial charge in [-0.3, -0.25) is 33.6 Å². The number of phenolic OH excluding ortho intramolecular Hbond substituents is 1. The molecule has 17 N–H and O–H groups in total. The summed E-state index contributed by atoms with van der Waals surface area (Å²) < 4.78 is 0. The molecule has 22 heteroatoms. The van der Waals surface area contributed by atoms with Crippen molar-refractivity contribution in [2.45, 2.75) is 108 Å². The molecule has 0 saturated carbocycles. The number of carboxylic acids is 1. The van der Waals surface area contributed by atoms with Gasteiger partial charge in [0.15, 0.2) is 0 Å².